The molecule has 0 aromatic carbocycles. The van der Waals surface area contributed by atoms with Crippen molar-refractivity contribution in [2.45, 2.75) is 25.7 Å². The Kier molecular flexibility index (Phi) is 2.26. The van der Waals surface area contributed by atoms with Gasteiger partial charge in [-0.05, 0) is 6.92 Å². The summed E-state index contributed by atoms with van der Waals surface area (Å²) in [5.41, 5.74) is 0.747. The summed E-state index contributed by atoms with van der Waals surface area (Å²) in [7, 11) is 1.79. The summed E-state index contributed by atoms with van der Waals surface area (Å²) < 4.78 is 29.1. The van der Waals surface area contributed by atoms with Crippen molar-refractivity contribution in [2.75, 3.05) is 0 Å². The molecule has 0 N–H and O–H groups in total. The van der Waals surface area contributed by atoms with Crippen molar-refractivity contribution >= 4 is 0 Å². The van der Waals surface area contributed by atoms with Crippen LogP contribution in [-0.4, -0.2) is 30.5 Å². The molecule has 0 aliphatic heterocycles. The Morgan fingerprint density at radius 2 is 2.22 bits per heavy atom. The third kappa shape index (κ3) is 1.89. The Bertz CT molecular complexity index is 586. The number of hydrogen-bond acceptors (Lipinski definition) is 3. The molecular formula is C11H13F2N5. The first-order valence-corrected chi connectivity index (χ1v) is 5.75. The van der Waals surface area contributed by atoms with Gasteiger partial charge in [-0.25, -0.2) is 18.4 Å². The minimum Gasteiger partial charge on any atom is -0.274 e. The fourth-order valence-electron chi connectivity index (χ4n) is 2.03. The molecule has 2 aromatic rings. The predicted molar refractivity (Wildman–Crippen MR) is 59.6 cm³/mol. The van der Waals surface area contributed by atoms with Crippen molar-refractivity contribution in [3.63, 3.8) is 0 Å². The van der Waals surface area contributed by atoms with Crippen molar-refractivity contribution in [3.05, 3.63) is 24.0 Å². The largest absolute Gasteiger partial charge is 0.274 e. The molecule has 0 radical (unpaired) electrons. The molecule has 0 bridgehead atoms. The standard InChI is InChI=1S/C11H13F2N5/c1-7-15-10(3-8-4-11(8,12)13)18(16-7)9-5-14-17(2)6-9/h5-6,8H,3-4H2,1-2H3. The van der Waals surface area contributed by atoms with Crippen LogP contribution in [-0.2, 0) is 13.5 Å². The molecule has 2 heterocycles. The summed E-state index contributed by atoms with van der Waals surface area (Å²) >= 11 is 0. The van der Waals surface area contributed by atoms with E-state index in [0.717, 1.165) is 5.69 Å². The molecule has 1 saturated carbocycles. The molecule has 0 spiro atoms. The van der Waals surface area contributed by atoms with Crippen molar-refractivity contribution in [1.82, 2.24) is 24.5 Å². The van der Waals surface area contributed by atoms with E-state index in [1.54, 1.807) is 35.7 Å². The van der Waals surface area contributed by atoms with E-state index >= 15 is 0 Å². The van der Waals surface area contributed by atoms with E-state index in [2.05, 4.69) is 15.2 Å². The molecule has 7 heteroatoms. The van der Waals surface area contributed by atoms with Crippen LogP contribution in [0.5, 0.6) is 0 Å². The van der Waals surface area contributed by atoms with E-state index in [1.165, 1.54) is 0 Å². The highest BCUT2D eigenvalue weighted by Crippen LogP contribution is 2.50. The molecule has 0 saturated heterocycles. The van der Waals surface area contributed by atoms with Gasteiger partial charge < -0.3 is 0 Å². The molecular weight excluding hydrogens is 240 g/mol. The lowest BCUT2D eigenvalue weighted by molar-refractivity contribution is 0.0984. The number of halogens is 2. The summed E-state index contributed by atoms with van der Waals surface area (Å²) in [6.45, 7) is 1.75. The van der Waals surface area contributed by atoms with Gasteiger partial charge in [-0.1, -0.05) is 0 Å². The van der Waals surface area contributed by atoms with E-state index < -0.39 is 11.8 Å². The first-order valence-electron chi connectivity index (χ1n) is 5.75. The van der Waals surface area contributed by atoms with Gasteiger partial charge in [-0.3, -0.25) is 4.68 Å². The minimum absolute atomic E-state index is 0.0497. The Labute approximate surface area is 102 Å². The molecule has 0 amide bonds. The second kappa shape index (κ2) is 3.60. The van der Waals surface area contributed by atoms with Crippen LogP contribution in [0.1, 0.15) is 18.1 Å². The number of hydrogen-bond donors (Lipinski definition) is 0. The number of aryl methyl sites for hydroxylation is 2. The average molecular weight is 253 g/mol. The normalized spacial score (nSPS) is 21.2. The number of rotatable bonds is 3. The highest BCUT2D eigenvalue weighted by Gasteiger charge is 2.56. The molecule has 18 heavy (non-hydrogen) atoms. The van der Waals surface area contributed by atoms with Gasteiger partial charge in [0, 0.05) is 25.8 Å². The van der Waals surface area contributed by atoms with Gasteiger partial charge in [0.15, 0.2) is 0 Å². The fourth-order valence-corrected chi connectivity index (χ4v) is 2.03. The van der Waals surface area contributed by atoms with Gasteiger partial charge in [-0.2, -0.15) is 10.2 Å². The lowest BCUT2D eigenvalue weighted by Gasteiger charge is -2.02. The number of alkyl halides is 2. The Balaban J connectivity index is 1.90. The molecule has 5 nitrogen and oxygen atoms in total. The summed E-state index contributed by atoms with van der Waals surface area (Å²) in [6.07, 6.45) is 3.63. The van der Waals surface area contributed by atoms with Crippen molar-refractivity contribution in [3.8, 4) is 5.69 Å². The minimum atomic E-state index is -2.53. The highest BCUT2D eigenvalue weighted by molar-refractivity contribution is 5.26. The molecule has 1 aliphatic carbocycles. The van der Waals surface area contributed by atoms with Crippen LogP contribution in [0.2, 0.25) is 0 Å². The zero-order chi connectivity index (χ0) is 12.9. The van der Waals surface area contributed by atoms with Crippen molar-refractivity contribution in [2.24, 2.45) is 13.0 Å². The Hall–Kier alpha value is -1.79. The number of nitrogens with zero attached hydrogens (tertiary/aromatic N) is 5. The molecule has 1 aliphatic rings. The van der Waals surface area contributed by atoms with E-state index in [4.69, 9.17) is 0 Å². The maximum atomic E-state index is 13.0. The highest BCUT2D eigenvalue weighted by atomic mass is 19.3. The maximum Gasteiger partial charge on any atom is 0.252 e. The lowest BCUT2D eigenvalue weighted by atomic mass is 10.2. The molecule has 1 atom stereocenters. The topological polar surface area (TPSA) is 48.5 Å². The van der Waals surface area contributed by atoms with E-state index in [-0.39, 0.29) is 12.8 Å². The Morgan fingerprint density at radius 3 is 2.78 bits per heavy atom. The summed E-state index contributed by atoms with van der Waals surface area (Å²) in [5, 5.41) is 8.28. The predicted octanol–water partition coefficient (Wildman–Crippen LogP) is 1.51. The first-order chi connectivity index (χ1) is 8.45. The molecule has 1 unspecified atom stereocenters. The van der Waals surface area contributed by atoms with Crippen molar-refractivity contribution < 1.29 is 8.78 Å². The fraction of sp³-hybridized carbons (Fsp3) is 0.545. The van der Waals surface area contributed by atoms with Gasteiger partial charge in [0.1, 0.15) is 17.3 Å². The SMILES string of the molecule is Cc1nc(CC2CC2(F)F)n(-c2cnn(C)c2)n1. The lowest BCUT2D eigenvalue weighted by Crippen LogP contribution is -2.06. The molecule has 3 rings (SSSR count). The summed E-state index contributed by atoms with van der Waals surface area (Å²) in [6, 6.07) is 0. The quantitative estimate of drug-likeness (QED) is 0.833. The smallest absolute Gasteiger partial charge is 0.252 e. The summed E-state index contributed by atoms with van der Waals surface area (Å²) in [4.78, 5) is 4.22. The third-order valence-corrected chi connectivity index (χ3v) is 3.10. The van der Waals surface area contributed by atoms with Crippen LogP contribution in [0.25, 0.3) is 5.69 Å². The Morgan fingerprint density at radius 1 is 1.50 bits per heavy atom. The molecule has 2 aromatic heterocycles. The monoisotopic (exact) mass is 253 g/mol. The van der Waals surface area contributed by atoms with Crippen molar-refractivity contribution in [1.29, 1.82) is 0 Å². The van der Waals surface area contributed by atoms with Crippen LogP contribution < -0.4 is 0 Å². The maximum absolute atomic E-state index is 13.0. The van der Waals surface area contributed by atoms with Crippen LogP contribution in [0, 0.1) is 12.8 Å². The first kappa shape index (κ1) is 11.3. The van der Waals surface area contributed by atoms with Gasteiger partial charge in [0.05, 0.1) is 12.4 Å². The van der Waals surface area contributed by atoms with E-state index in [9.17, 15) is 8.78 Å². The summed E-state index contributed by atoms with van der Waals surface area (Å²) in [5.74, 6) is -1.98. The zero-order valence-corrected chi connectivity index (χ0v) is 10.1. The zero-order valence-electron chi connectivity index (χ0n) is 10.1. The second-order valence-electron chi connectivity index (χ2n) is 4.73. The molecule has 96 valence electrons. The van der Waals surface area contributed by atoms with Crippen LogP contribution in [0.3, 0.4) is 0 Å². The van der Waals surface area contributed by atoms with Gasteiger partial charge in [0.2, 0.25) is 0 Å². The van der Waals surface area contributed by atoms with E-state index in [1.807, 2.05) is 0 Å². The van der Waals surface area contributed by atoms with Gasteiger partial charge in [-0.15, -0.1) is 0 Å². The molecule has 1 fully saturated rings. The average Bonchev–Trinajstić information content (AvgIpc) is 2.67. The number of aromatic nitrogens is 5. The van der Waals surface area contributed by atoms with Crippen LogP contribution in [0.4, 0.5) is 8.78 Å². The van der Waals surface area contributed by atoms with Gasteiger partial charge >= 0.3 is 0 Å². The van der Waals surface area contributed by atoms with Crippen LogP contribution >= 0.6 is 0 Å². The van der Waals surface area contributed by atoms with Crippen LogP contribution in [0.15, 0.2) is 12.4 Å². The third-order valence-electron chi connectivity index (χ3n) is 3.10. The second-order valence-corrected chi connectivity index (χ2v) is 4.73. The van der Waals surface area contributed by atoms with Gasteiger partial charge in [0.25, 0.3) is 5.92 Å². The van der Waals surface area contributed by atoms with E-state index in [0.29, 0.717) is 11.6 Å².